The molecule has 1 heterocycles. The van der Waals surface area contributed by atoms with Crippen LogP contribution in [0.3, 0.4) is 0 Å². The van der Waals surface area contributed by atoms with Crippen LogP contribution in [0.5, 0.6) is 0 Å². The monoisotopic (exact) mass is 342 g/mol. The van der Waals surface area contributed by atoms with Gasteiger partial charge in [-0.15, -0.1) is 0 Å². The maximum absolute atomic E-state index is 12.2. The molecule has 1 amide bonds. The second kappa shape index (κ2) is 5.93. The highest BCUT2D eigenvalue weighted by Crippen LogP contribution is 2.23. The minimum Gasteiger partial charge on any atom is -0.355 e. The van der Waals surface area contributed by atoms with Crippen LogP contribution in [0.25, 0.3) is 11.3 Å². The van der Waals surface area contributed by atoms with Gasteiger partial charge in [-0.1, -0.05) is 47.6 Å². The second-order valence-corrected chi connectivity index (χ2v) is 5.23. The molecule has 0 radical (unpaired) electrons. The fourth-order valence-corrected chi connectivity index (χ4v) is 2.25. The Morgan fingerprint density at radius 2 is 1.76 bits per heavy atom. The highest BCUT2D eigenvalue weighted by Gasteiger charge is 2.14. The van der Waals surface area contributed by atoms with Gasteiger partial charge in [-0.25, -0.2) is 0 Å². The third-order valence-electron chi connectivity index (χ3n) is 2.92. The number of halogens is 1. The number of carbonyl (C=O) groups is 1. The first-order valence-electron chi connectivity index (χ1n) is 6.32. The van der Waals surface area contributed by atoms with Gasteiger partial charge in [-0.2, -0.15) is 0 Å². The Balaban J connectivity index is 1.80. The van der Waals surface area contributed by atoms with Crippen LogP contribution in [0.1, 0.15) is 10.5 Å². The molecule has 3 rings (SSSR count). The Morgan fingerprint density at radius 1 is 1.05 bits per heavy atom. The predicted molar refractivity (Wildman–Crippen MR) is 84.0 cm³/mol. The molecule has 0 aliphatic rings. The van der Waals surface area contributed by atoms with Gasteiger partial charge in [0.05, 0.1) is 5.69 Å². The fourth-order valence-electron chi connectivity index (χ4n) is 1.87. The zero-order chi connectivity index (χ0) is 14.7. The molecule has 4 nitrogen and oxygen atoms in total. The van der Waals surface area contributed by atoms with Gasteiger partial charge in [-0.05, 0) is 28.1 Å². The number of benzene rings is 2. The minimum atomic E-state index is -0.312. The number of hydrogen-bond acceptors (Lipinski definition) is 3. The van der Waals surface area contributed by atoms with Crippen molar-refractivity contribution >= 4 is 27.5 Å². The van der Waals surface area contributed by atoms with Gasteiger partial charge < -0.3 is 9.84 Å². The molecule has 0 aliphatic heterocycles. The molecule has 104 valence electrons. The van der Waals surface area contributed by atoms with Crippen LogP contribution < -0.4 is 5.32 Å². The Labute approximate surface area is 129 Å². The molecule has 0 unspecified atom stereocenters. The number of carbonyl (C=O) groups excluding carboxylic acids is 1. The van der Waals surface area contributed by atoms with E-state index in [2.05, 4.69) is 26.4 Å². The zero-order valence-electron chi connectivity index (χ0n) is 10.9. The van der Waals surface area contributed by atoms with Gasteiger partial charge in [-0.3, -0.25) is 4.79 Å². The van der Waals surface area contributed by atoms with E-state index in [1.165, 1.54) is 0 Å². The van der Waals surface area contributed by atoms with Crippen molar-refractivity contribution in [3.05, 3.63) is 70.8 Å². The number of nitrogens with one attached hydrogen (secondary N) is 1. The van der Waals surface area contributed by atoms with Crippen molar-refractivity contribution in [2.24, 2.45) is 0 Å². The van der Waals surface area contributed by atoms with Crippen molar-refractivity contribution in [3.63, 3.8) is 0 Å². The van der Waals surface area contributed by atoms with Crippen molar-refractivity contribution in [3.8, 4) is 11.3 Å². The van der Waals surface area contributed by atoms with Crippen molar-refractivity contribution in [1.82, 2.24) is 5.16 Å². The minimum absolute atomic E-state index is 0.240. The summed E-state index contributed by atoms with van der Waals surface area (Å²) in [5.41, 5.74) is 1.81. The first kappa shape index (κ1) is 13.6. The molecule has 3 aromatic rings. The summed E-state index contributed by atoms with van der Waals surface area (Å²) in [5.74, 6) is 0.251. The molecule has 0 spiro atoms. The lowest BCUT2D eigenvalue weighted by Crippen LogP contribution is -2.12. The van der Waals surface area contributed by atoms with E-state index >= 15 is 0 Å². The number of anilines is 1. The number of nitrogens with zero attached hydrogens (tertiary/aromatic N) is 1. The lowest BCUT2D eigenvalue weighted by molar-refractivity contribution is 0.101. The van der Waals surface area contributed by atoms with E-state index in [1.807, 2.05) is 48.5 Å². The first-order valence-corrected chi connectivity index (χ1v) is 7.11. The third kappa shape index (κ3) is 3.03. The van der Waals surface area contributed by atoms with Gasteiger partial charge in [0.2, 0.25) is 0 Å². The summed E-state index contributed by atoms with van der Waals surface area (Å²) in [5, 5.41) is 6.60. The molecule has 0 saturated carbocycles. The van der Waals surface area contributed by atoms with E-state index in [1.54, 1.807) is 12.1 Å². The molecule has 2 aromatic carbocycles. The topological polar surface area (TPSA) is 55.1 Å². The summed E-state index contributed by atoms with van der Waals surface area (Å²) in [6.07, 6.45) is 0. The van der Waals surface area contributed by atoms with Gasteiger partial charge in [0.15, 0.2) is 11.5 Å². The van der Waals surface area contributed by atoms with Crippen molar-refractivity contribution in [2.45, 2.75) is 0 Å². The van der Waals surface area contributed by atoms with E-state index < -0.39 is 0 Å². The number of amides is 1. The molecule has 0 bridgehead atoms. The highest BCUT2D eigenvalue weighted by molar-refractivity contribution is 9.10. The highest BCUT2D eigenvalue weighted by atomic mass is 79.9. The van der Waals surface area contributed by atoms with Crippen molar-refractivity contribution in [1.29, 1.82) is 0 Å². The Bertz CT molecular complexity index is 769. The van der Waals surface area contributed by atoms with E-state index in [-0.39, 0.29) is 11.6 Å². The van der Waals surface area contributed by atoms with Gasteiger partial charge in [0, 0.05) is 16.1 Å². The van der Waals surface area contributed by atoms with Gasteiger partial charge in [0.1, 0.15) is 0 Å². The number of aromatic nitrogens is 1. The van der Waals surface area contributed by atoms with Crippen LogP contribution in [0, 0.1) is 0 Å². The fraction of sp³-hybridized carbons (Fsp3) is 0. The van der Waals surface area contributed by atoms with E-state index in [0.717, 1.165) is 10.0 Å². The molecular formula is C16H11BrN2O2. The molecule has 1 aromatic heterocycles. The molecule has 0 aliphatic carbocycles. The lowest BCUT2D eigenvalue weighted by atomic mass is 10.1. The Kier molecular flexibility index (Phi) is 3.83. The Morgan fingerprint density at radius 3 is 2.52 bits per heavy atom. The van der Waals surface area contributed by atoms with Crippen LogP contribution in [-0.4, -0.2) is 11.1 Å². The maximum Gasteiger partial charge on any atom is 0.277 e. The van der Waals surface area contributed by atoms with Crippen LogP contribution in [-0.2, 0) is 0 Å². The van der Waals surface area contributed by atoms with Crippen LogP contribution in [0.15, 0.2) is 69.7 Å². The van der Waals surface area contributed by atoms with Crippen LogP contribution in [0.2, 0.25) is 0 Å². The maximum atomic E-state index is 12.2. The Hall–Kier alpha value is -2.40. The predicted octanol–water partition coefficient (Wildman–Crippen LogP) is 4.36. The SMILES string of the molecule is O=C(Nc1ccccc1Br)c1cc(-c2ccccc2)on1. The standard InChI is InChI=1S/C16H11BrN2O2/c17-12-8-4-5-9-13(12)18-16(20)14-10-15(21-19-14)11-6-2-1-3-7-11/h1-10H,(H,18,20). The largest absolute Gasteiger partial charge is 0.355 e. The van der Waals surface area contributed by atoms with E-state index in [9.17, 15) is 4.79 Å². The quantitative estimate of drug-likeness (QED) is 0.769. The average molecular weight is 343 g/mol. The summed E-state index contributed by atoms with van der Waals surface area (Å²) < 4.78 is 6.03. The summed E-state index contributed by atoms with van der Waals surface area (Å²) in [4.78, 5) is 12.2. The molecule has 0 atom stereocenters. The molecular weight excluding hydrogens is 332 g/mol. The molecule has 21 heavy (non-hydrogen) atoms. The zero-order valence-corrected chi connectivity index (χ0v) is 12.5. The first-order chi connectivity index (χ1) is 10.2. The smallest absolute Gasteiger partial charge is 0.277 e. The van der Waals surface area contributed by atoms with Crippen molar-refractivity contribution in [2.75, 3.05) is 5.32 Å². The molecule has 5 heteroatoms. The summed E-state index contributed by atoms with van der Waals surface area (Å²) >= 11 is 3.38. The van der Waals surface area contributed by atoms with Crippen molar-refractivity contribution < 1.29 is 9.32 Å². The molecule has 1 N–H and O–H groups in total. The molecule has 0 saturated heterocycles. The van der Waals surface area contributed by atoms with E-state index in [4.69, 9.17) is 4.52 Å². The van der Waals surface area contributed by atoms with Gasteiger partial charge >= 0.3 is 0 Å². The second-order valence-electron chi connectivity index (χ2n) is 4.38. The van der Waals surface area contributed by atoms with Crippen LogP contribution >= 0.6 is 15.9 Å². The normalized spacial score (nSPS) is 10.3. The van der Waals surface area contributed by atoms with Gasteiger partial charge in [0.25, 0.3) is 5.91 Å². The third-order valence-corrected chi connectivity index (χ3v) is 3.61. The lowest BCUT2D eigenvalue weighted by Gasteiger charge is -2.04. The van der Waals surface area contributed by atoms with Crippen LogP contribution in [0.4, 0.5) is 5.69 Å². The summed E-state index contributed by atoms with van der Waals surface area (Å²) in [6.45, 7) is 0. The summed E-state index contributed by atoms with van der Waals surface area (Å²) in [7, 11) is 0. The number of para-hydroxylation sites is 1. The summed E-state index contributed by atoms with van der Waals surface area (Å²) in [6, 6.07) is 18.5. The number of rotatable bonds is 3. The molecule has 0 fully saturated rings. The average Bonchev–Trinajstić information content (AvgIpc) is 3.00. The van der Waals surface area contributed by atoms with E-state index in [0.29, 0.717) is 11.4 Å². The number of hydrogen-bond donors (Lipinski definition) is 1.